The lowest BCUT2D eigenvalue weighted by Crippen LogP contribution is -2.29. The maximum Gasteiger partial charge on any atom is 0.00905 e. The molecule has 2 unspecified atom stereocenters. The number of rotatable bonds is 10. The van der Waals surface area contributed by atoms with E-state index in [1.54, 1.807) is 0 Å². The summed E-state index contributed by atoms with van der Waals surface area (Å²) in [4.78, 5) is 0. The summed E-state index contributed by atoms with van der Waals surface area (Å²) in [6, 6.07) is 1.32. The fraction of sp³-hybridized carbons (Fsp3) is 1.00. The van der Waals surface area contributed by atoms with Crippen LogP contribution in [0.2, 0.25) is 0 Å². The maximum atomic E-state index is 5.80. The molecule has 3 saturated heterocycles. The van der Waals surface area contributed by atoms with Gasteiger partial charge in [-0.3, -0.25) is 0 Å². The van der Waals surface area contributed by atoms with Gasteiger partial charge >= 0.3 is 0 Å². The van der Waals surface area contributed by atoms with Crippen LogP contribution in [0.25, 0.3) is 0 Å². The first-order valence-corrected chi connectivity index (χ1v) is 23.5. The Morgan fingerprint density at radius 2 is 0.963 bits per heavy atom. The lowest BCUT2D eigenvalue weighted by atomic mass is 9.80. The van der Waals surface area contributed by atoms with E-state index >= 15 is 0 Å². The van der Waals surface area contributed by atoms with E-state index in [9.17, 15) is 0 Å². The second-order valence-corrected chi connectivity index (χ2v) is 19.5. The molecule has 4 fully saturated rings. The van der Waals surface area contributed by atoms with Crippen molar-refractivity contribution in [2.75, 3.05) is 39.3 Å². The van der Waals surface area contributed by atoms with Gasteiger partial charge in [0.1, 0.15) is 0 Å². The molecule has 0 bridgehead atoms. The molecule has 7 N–H and O–H groups in total. The van der Waals surface area contributed by atoms with Gasteiger partial charge in [-0.1, -0.05) is 144 Å². The molecule has 332 valence electrons. The third kappa shape index (κ3) is 41.4. The standard InChI is InChI=1S/C9H19N.C8H17N.2C7H15N.C7H16.C5H13N.C5H12.CH4/c1-7(2)8-3-5-9(10)6-4-8;1-7(2)8-3-5-9-6-4-8;1-6(2)7-3-4-8-5-7;1-6(2)7-4-3-5-8-7;1-4-5-6-7(2)3;1-5(2)3-4-6;1-4-5(2)3;/h7-9H,3-6,10H2,1-2H3;7-9H,3-6H2,1-2H3;2*6-8H,3-5H2,1-2H3;7H,4-6H2,1-3H3;5H,3-4,6H2,1-2H3;5H,4H2,1-3H3;1H4. The van der Waals surface area contributed by atoms with Crippen molar-refractivity contribution in [2.24, 2.45) is 70.6 Å². The van der Waals surface area contributed by atoms with Gasteiger partial charge in [0, 0.05) is 12.1 Å². The molecule has 5 nitrogen and oxygen atoms in total. The van der Waals surface area contributed by atoms with Crippen molar-refractivity contribution in [3.63, 3.8) is 0 Å². The molecule has 0 amide bonds. The van der Waals surface area contributed by atoms with E-state index in [2.05, 4.69) is 127 Å². The number of hydrogen-bond acceptors (Lipinski definition) is 5. The van der Waals surface area contributed by atoms with Gasteiger partial charge in [0.25, 0.3) is 0 Å². The van der Waals surface area contributed by atoms with Gasteiger partial charge in [-0.05, 0) is 163 Å². The van der Waals surface area contributed by atoms with Gasteiger partial charge < -0.3 is 27.4 Å². The summed E-state index contributed by atoms with van der Waals surface area (Å²) in [6.07, 6.45) is 18.8. The first-order chi connectivity index (χ1) is 24.9. The van der Waals surface area contributed by atoms with Gasteiger partial charge in [-0.15, -0.1) is 0 Å². The van der Waals surface area contributed by atoms with E-state index in [1.165, 1.54) is 116 Å². The molecule has 3 heterocycles. The number of unbranched alkanes of at least 4 members (excludes halogenated alkanes) is 1. The normalized spacial score (nSPS) is 22.4. The number of nitrogens with two attached hydrogens (primary N) is 2. The molecule has 0 aromatic carbocycles. The summed E-state index contributed by atoms with van der Waals surface area (Å²) in [6.45, 7) is 43.3. The predicted octanol–water partition coefficient (Wildman–Crippen LogP) is 13.0. The monoisotopic (exact) mass is 770 g/mol. The fourth-order valence-electron chi connectivity index (χ4n) is 6.79. The van der Waals surface area contributed by atoms with E-state index in [0.717, 1.165) is 78.2 Å². The van der Waals surface area contributed by atoms with Crippen LogP contribution in [0.1, 0.15) is 208 Å². The lowest BCUT2D eigenvalue weighted by molar-refractivity contribution is 0.259. The van der Waals surface area contributed by atoms with Crippen LogP contribution in [0.3, 0.4) is 0 Å². The Morgan fingerprint density at radius 3 is 1.19 bits per heavy atom. The highest BCUT2D eigenvalue weighted by Gasteiger charge is 2.20. The molecule has 54 heavy (non-hydrogen) atoms. The highest BCUT2D eigenvalue weighted by Crippen LogP contribution is 2.28. The van der Waals surface area contributed by atoms with Crippen LogP contribution in [0, 0.1) is 59.2 Å². The molecular weight excluding hydrogens is 659 g/mol. The summed E-state index contributed by atoms with van der Waals surface area (Å²) in [5, 5.41) is 10.2. The molecule has 4 rings (SSSR count). The zero-order chi connectivity index (χ0) is 41.2. The summed E-state index contributed by atoms with van der Waals surface area (Å²) in [5.41, 5.74) is 11.0. The van der Waals surface area contributed by atoms with Gasteiger partial charge in [-0.25, -0.2) is 0 Å². The predicted molar refractivity (Wildman–Crippen MR) is 252 cm³/mol. The Labute approximate surface area is 345 Å². The molecule has 1 saturated carbocycles. The highest BCUT2D eigenvalue weighted by atomic mass is 14.9. The van der Waals surface area contributed by atoms with Gasteiger partial charge in [0.2, 0.25) is 0 Å². The number of nitrogens with one attached hydrogen (secondary N) is 3. The smallest absolute Gasteiger partial charge is 0.00905 e. The van der Waals surface area contributed by atoms with Crippen LogP contribution in [0.15, 0.2) is 0 Å². The molecule has 2 atom stereocenters. The Bertz CT molecular complexity index is 658. The summed E-state index contributed by atoms with van der Waals surface area (Å²) < 4.78 is 0. The maximum absolute atomic E-state index is 5.80. The van der Waals surface area contributed by atoms with Crippen LogP contribution < -0.4 is 27.4 Å². The Hall–Kier alpha value is -0.200. The van der Waals surface area contributed by atoms with Crippen LogP contribution in [0.5, 0.6) is 0 Å². The topological polar surface area (TPSA) is 88.1 Å². The van der Waals surface area contributed by atoms with E-state index in [-0.39, 0.29) is 7.43 Å². The lowest BCUT2D eigenvalue weighted by Gasteiger charge is -2.28. The molecule has 1 aliphatic carbocycles. The quantitative estimate of drug-likeness (QED) is 0.153. The Balaban J connectivity index is -0.000000272. The van der Waals surface area contributed by atoms with Gasteiger partial charge in [0.15, 0.2) is 0 Å². The average molecular weight is 770 g/mol. The Morgan fingerprint density at radius 1 is 0.519 bits per heavy atom. The number of piperidine rings is 1. The zero-order valence-corrected chi connectivity index (χ0v) is 39.7. The highest BCUT2D eigenvalue weighted by molar-refractivity contribution is 4.77. The van der Waals surface area contributed by atoms with Crippen molar-refractivity contribution >= 4 is 0 Å². The van der Waals surface area contributed by atoms with E-state index in [0.29, 0.717) is 6.04 Å². The first kappa shape index (κ1) is 60.5. The molecule has 5 heteroatoms. The van der Waals surface area contributed by atoms with Crippen LogP contribution in [-0.2, 0) is 0 Å². The molecule has 0 aromatic heterocycles. The van der Waals surface area contributed by atoms with Crippen molar-refractivity contribution in [3.8, 4) is 0 Å². The van der Waals surface area contributed by atoms with Crippen molar-refractivity contribution < 1.29 is 0 Å². The summed E-state index contributed by atoms with van der Waals surface area (Å²) >= 11 is 0. The molecule has 0 radical (unpaired) electrons. The van der Waals surface area contributed by atoms with Crippen LogP contribution >= 0.6 is 0 Å². The minimum Gasteiger partial charge on any atom is -0.330 e. The SMILES string of the molecule is C.CC(C)C1CCC(N)CC1.CC(C)C1CCCN1.CC(C)C1CCNC1.CC(C)C1CCNCC1.CC(C)CCN.CCC(C)C.CCCCC(C)C. The van der Waals surface area contributed by atoms with Gasteiger partial charge in [-0.2, -0.15) is 0 Å². The summed E-state index contributed by atoms with van der Waals surface area (Å²) in [7, 11) is 0. The molecule has 4 aliphatic rings. The van der Waals surface area contributed by atoms with Crippen LogP contribution in [-0.4, -0.2) is 51.4 Å². The van der Waals surface area contributed by atoms with E-state index < -0.39 is 0 Å². The van der Waals surface area contributed by atoms with Crippen molar-refractivity contribution in [3.05, 3.63) is 0 Å². The number of hydrogen-bond donors (Lipinski definition) is 5. The van der Waals surface area contributed by atoms with Crippen molar-refractivity contribution in [1.82, 2.24) is 16.0 Å². The van der Waals surface area contributed by atoms with Crippen molar-refractivity contribution in [1.29, 1.82) is 0 Å². The largest absolute Gasteiger partial charge is 0.330 e. The van der Waals surface area contributed by atoms with Crippen molar-refractivity contribution in [2.45, 2.75) is 220 Å². The summed E-state index contributed by atoms with van der Waals surface area (Å²) in [5.74, 6) is 8.94. The minimum atomic E-state index is 0. The molecule has 0 spiro atoms. The third-order valence-electron chi connectivity index (χ3n) is 11.7. The molecule has 3 aliphatic heterocycles. The Kier molecular flexibility index (Phi) is 45.9. The van der Waals surface area contributed by atoms with E-state index in [1.807, 2.05) is 0 Å². The molecular formula is C49H111N5. The first-order valence-electron chi connectivity index (χ1n) is 23.5. The fourth-order valence-corrected chi connectivity index (χ4v) is 6.79. The second-order valence-electron chi connectivity index (χ2n) is 19.5. The minimum absolute atomic E-state index is 0. The zero-order valence-electron chi connectivity index (χ0n) is 39.7. The molecule has 0 aromatic rings. The third-order valence-corrected chi connectivity index (χ3v) is 11.7. The van der Waals surface area contributed by atoms with Gasteiger partial charge in [0.05, 0.1) is 0 Å². The second kappa shape index (κ2) is 41.0. The van der Waals surface area contributed by atoms with Crippen LogP contribution in [0.4, 0.5) is 0 Å². The van der Waals surface area contributed by atoms with E-state index in [4.69, 9.17) is 11.5 Å². The average Bonchev–Trinajstić information content (AvgIpc) is 3.86.